The highest BCUT2D eigenvalue weighted by Crippen LogP contribution is 2.26. The fraction of sp³-hybridized carbons (Fsp3) is 0.294. The summed E-state index contributed by atoms with van der Waals surface area (Å²) in [6, 6.07) is 7.41. The summed E-state index contributed by atoms with van der Waals surface area (Å²) in [5.74, 6) is -2.02. The lowest BCUT2D eigenvalue weighted by Crippen LogP contribution is -2.14. The minimum absolute atomic E-state index is 0.206. The maximum absolute atomic E-state index is 13.5. The Kier molecular flexibility index (Phi) is 4.58. The largest absolute Gasteiger partial charge is 0.484 e. The van der Waals surface area contributed by atoms with E-state index in [1.54, 1.807) is 0 Å². The molecule has 1 N–H and O–H groups in total. The number of para-hydroxylation sites is 1. The van der Waals surface area contributed by atoms with Crippen LogP contribution in [0.5, 0.6) is 5.75 Å². The number of hydrogen-bond acceptors (Lipinski definition) is 2. The van der Waals surface area contributed by atoms with Crippen LogP contribution in [0.2, 0.25) is 0 Å². The molecule has 112 valence electrons. The first-order valence-corrected chi connectivity index (χ1v) is 6.72. The Balaban J connectivity index is 2.18. The van der Waals surface area contributed by atoms with E-state index in [1.165, 1.54) is 6.07 Å². The van der Waals surface area contributed by atoms with Crippen molar-refractivity contribution >= 4 is 0 Å². The minimum atomic E-state index is -0.940. The third-order valence-corrected chi connectivity index (χ3v) is 3.38. The molecule has 0 fully saturated rings. The number of halogens is 2. The lowest BCUT2D eigenvalue weighted by molar-refractivity contribution is 0.102. The van der Waals surface area contributed by atoms with Crippen LogP contribution < -0.4 is 4.74 Å². The fourth-order valence-electron chi connectivity index (χ4n) is 2.58. The van der Waals surface area contributed by atoms with Crippen LogP contribution in [-0.4, -0.2) is 11.7 Å². The van der Waals surface area contributed by atoms with Gasteiger partial charge in [-0.15, -0.1) is 0 Å². The zero-order chi connectivity index (χ0) is 15.6. The van der Waals surface area contributed by atoms with Gasteiger partial charge in [-0.3, -0.25) is 0 Å². The summed E-state index contributed by atoms with van der Waals surface area (Å²) in [7, 11) is 0. The molecule has 2 nitrogen and oxygen atoms in total. The summed E-state index contributed by atoms with van der Waals surface area (Å²) in [6.45, 7) is 5.55. The van der Waals surface area contributed by atoms with Gasteiger partial charge in [0.05, 0.1) is 0 Å². The van der Waals surface area contributed by atoms with Crippen LogP contribution in [-0.2, 0) is 0 Å². The lowest BCUT2D eigenvalue weighted by Gasteiger charge is -2.18. The van der Waals surface area contributed by atoms with Crippen molar-refractivity contribution in [2.45, 2.75) is 26.9 Å². The smallest absolute Gasteiger partial charge is 0.190 e. The molecule has 4 heteroatoms. The van der Waals surface area contributed by atoms with Gasteiger partial charge in [0, 0.05) is 0 Å². The second-order valence-electron chi connectivity index (χ2n) is 5.19. The second-order valence-corrected chi connectivity index (χ2v) is 5.19. The number of hydrogen-bond donors (Lipinski definition) is 1. The first kappa shape index (κ1) is 15.4. The zero-order valence-corrected chi connectivity index (χ0v) is 12.3. The number of benzene rings is 2. The van der Waals surface area contributed by atoms with Crippen molar-refractivity contribution in [3.05, 3.63) is 64.2 Å². The molecule has 0 aliphatic carbocycles. The fourth-order valence-corrected chi connectivity index (χ4v) is 2.58. The molecule has 1 unspecified atom stereocenters. The standard InChI is InChI=1S/C17H18F2O2/c1-10-7-11(2)16(12(3)8-10)15(20)9-21-17-13(18)5-4-6-14(17)19/h4-8,15,20H,9H2,1-3H3. The average molecular weight is 292 g/mol. The predicted octanol–water partition coefficient (Wildman–Crippen LogP) is 4.00. The van der Waals surface area contributed by atoms with Crippen LogP contribution in [0.4, 0.5) is 8.78 Å². The van der Waals surface area contributed by atoms with E-state index in [0.717, 1.165) is 34.4 Å². The van der Waals surface area contributed by atoms with Crippen LogP contribution in [0.25, 0.3) is 0 Å². The van der Waals surface area contributed by atoms with E-state index in [1.807, 2.05) is 32.9 Å². The van der Waals surface area contributed by atoms with Crippen LogP contribution in [0, 0.1) is 32.4 Å². The summed E-state index contributed by atoms with van der Waals surface area (Å²) in [5, 5.41) is 10.2. The molecule has 0 bridgehead atoms. The molecule has 1 atom stereocenters. The molecule has 0 saturated carbocycles. The van der Waals surface area contributed by atoms with E-state index in [2.05, 4.69) is 0 Å². The number of aliphatic hydroxyl groups excluding tert-OH is 1. The lowest BCUT2D eigenvalue weighted by atomic mass is 9.96. The van der Waals surface area contributed by atoms with Gasteiger partial charge in [0.15, 0.2) is 17.4 Å². The average Bonchev–Trinajstić information content (AvgIpc) is 2.36. The quantitative estimate of drug-likeness (QED) is 0.923. The van der Waals surface area contributed by atoms with Gasteiger partial charge in [0.1, 0.15) is 12.7 Å². The molecule has 0 heterocycles. The summed E-state index contributed by atoms with van der Waals surface area (Å²) in [5.41, 5.74) is 3.69. The monoisotopic (exact) mass is 292 g/mol. The highest BCUT2D eigenvalue weighted by molar-refractivity contribution is 5.39. The summed E-state index contributed by atoms with van der Waals surface area (Å²) < 4.78 is 32.1. The van der Waals surface area contributed by atoms with Gasteiger partial charge < -0.3 is 9.84 Å². The van der Waals surface area contributed by atoms with E-state index >= 15 is 0 Å². The summed E-state index contributed by atoms with van der Waals surface area (Å²) >= 11 is 0. The van der Waals surface area contributed by atoms with Gasteiger partial charge in [-0.2, -0.15) is 0 Å². The molecule has 0 spiro atoms. The van der Waals surface area contributed by atoms with E-state index in [-0.39, 0.29) is 6.61 Å². The van der Waals surface area contributed by atoms with E-state index < -0.39 is 23.5 Å². The molecule has 2 rings (SSSR count). The van der Waals surface area contributed by atoms with Crippen molar-refractivity contribution < 1.29 is 18.6 Å². The summed E-state index contributed by atoms with van der Waals surface area (Å²) in [4.78, 5) is 0. The van der Waals surface area contributed by atoms with Gasteiger partial charge in [0.25, 0.3) is 0 Å². The highest BCUT2D eigenvalue weighted by Gasteiger charge is 2.17. The predicted molar refractivity (Wildman–Crippen MR) is 77.5 cm³/mol. The molecular weight excluding hydrogens is 274 g/mol. The zero-order valence-electron chi connectivity index (χ0n) is 12.3. The van der Waals surface area contributed by atoms with Crippen molar-refractivity contribution in [2.24, 2.45) is 0 Å². The van der Waals surface area contributed by atoms with E-state index in [4.69, 9.17) is 4.74 Å². The number of aliphatic hydroxyl groups is 1. The van der Waals surface area contributed by atoms with Crippen LogP contribution in [0.15, 0.2) is 30.3 Å². The minimum Gasteiger partial charge on any atom is -0.484 e. The Labute approximate surface area is 123 Å². The Morgan fingerprint density at radius 1 is 1.05 bits per heavy atom. The topological polar surface area (TPSA) is 29.5 Å². The number of aryl methyl sites for hydroxylation is 3. The van der Waals surface area contributed by atoms with E-state index in [9.17, 15) is 13.9 Å². The normalized spacial score (nSPS) is 12.3. The molecule has 21 heavy (non-hydrogen) atoms. The molecule has 2 aromatic rings. The maximum atomic E-state index is 13.5. The van der Waals surface area contributed by atoms with Crippen molar-refractivity contribution in [1.82, 2.24) is 0 Å². The van der Waals surface area contributed by atoms with Gasteiger partial charge in [-0.05, 0) is 49.6 Å². The Morgan fingerprint density at radius 2 is 1.57 bits per heavy atom. The van der Waals surface area contributed by atoms with Crippen molar-refractivity contribution in [3.8, 4) is 5.75 Å². The van der Waals surface area contributed by atoms with Gasteiger partial charge in [-0.25, -0.2) is 8.78 Å². The molecule has 0 aromatic heterocycles. The molecule has 2 aromatic carbocycles. The molecule has 0 amide bonds. The van der Waals surface area contributed by atoms with Crippen molar-refractivity contribution in [3.63, 3.8) is 0 Å². The van der Waals surface area contributed by atoms with Crippen LogP contribution in [0.1, 0.15) is 28.4 Å². The molecular formula is C17H18F2O2. The summed E-state index contributed by atoms with van der Waals surface area (Å²) in [6.07, 6.45) is -0.940. The second kappa shape index (κ2) is 6.22. The Morgan fingerprint density at radius 3 is 2.10 bits per heavy atom. The molecule has 0 saturated heterocycles. The number of rotatable bonds is 4. The van der Waals surface area contributed by atoms with Crippen molar-refractivity contribution in [2.75, 3.05) is 6.61 Å². The van der Waals surface area contributed by atoms with Crippen molar-refractivity contribution in [1.29, 1.82) is 0 Å². The third-order valence-electron chi connectivity index (χ3n) is 3.38. The number of ether oxygens (including phenoxy) is 1. The van der Waals surface area contributed by atoms with Gasteiger partial charge in [-0.1, -0.05) is 23.8 Å². The highest BCUT2D eigenvalue weighted by atomic mass is 19.1. The molecule has 0 radical (unpaired) electrons. The first-order valence-electron chi connectivity index (χ1n) is 6.72. The molecule has 0 aliphatic rings. The third kappa shape index (κ3) is 3.39. The Bertz CT molecular complexity index is 610. The van der Waals surface area contributed by atoms with Crippen LogP contribution in [0.3, 0.4) is 0 Å². The van der Waals surface area contributed by atoms with E-state index in [0.29, 0.717) is 0 Å². The first-order chi connectivity index (χ1) is 9.90. The SMILES string of the molecule is Cc1cc(C)c(C(O)COc2c(F)cccc2F)c(C)c1. The maximum Gasteiger partial charge on any atom is 0.190 e. The van der Waals surface area contributed by atoms with Gasteiger partial charge in [0.2, 0.25) is 0 Å². The molecule has 0 aliphatic heterocycles. The van der Waals surface area contributed by atoms with Gasteiger partial charge >= 0.3 is 0 Å². The van der Waals surface area contributed by atoms with Crippen LogP contribution >= 0.6 is 0 Å². The Hall–Kier alpha value is -1.94.